The van der Waals surface area contributed by atoms with Gasteiger partial charge in [0, 0.05) is 33.3 Å². The molecule has 2 amide bonds. The van der Waals surface area contributed by atoms with Gasteiger partial charge in [-0.05, 0) is 73.7 Å². The third-order valence-corrected chi connectivity index (χ3v) is 8.50. The Hall–Kier alpha value is -2.80. The molecule has 1 fully saturated rings. The van der Waals surface area contributed by atoms with Gasteiger partial charge in [0.15, 0.2) is 0 Å². The molecule has 0 unspecified atom stereocenters. The zero-order valence-electron chi connectivity index (χ0n) is 21.0. The van der Waals surface area contributed by atoms with Crippen molar-refractivity contribution in [3.63, 3.8) is 0 Å². The van der Waals surface area contributed by atoms with E-state index in [1.165, 1.54) is 38.8 Å². The Balaban J connectivity index is 1.34. The number of likely N-dealkylation sites (tertiary alicyclic amines) is 1. The van der Waals surface area contributed by atoms with Crippen LogP contribution in [0.15, 0.2) is 76.5 Å². The summed E-state index contributed by atoms with van der Waals surface area (Å²) in [6.45, 7) is 4.61. The van der Waals surface area contributed by atoms with Gasteiger partial charge in [0.1, 0.15) is 0 Å². The number of quaternary nitrogens is 1. The fraction of sp³-hybridized carbons (Fsp3) is 0.333. The Labute approximate surface area is 228 Å². The number of nitrogens with zero attached hydrogens (tertiary/aromatic N) is 1. The second kappa shape index (κ2) is 12.2. The zero-order chi connectivity index (χ0) is 25.6. The molecule has 2 heterocycles. The summed E-state index contributed by atoms with van der Waals surface area (Å²) in [4.78, 5) is 32.1. The highest BCUT2D eigenvalue weighted by molar-refractivity contribution is 7.99. The van der Waals surface area contributed by atoms with E-state index in [0.717, 1.165) is 34.0 Å². The molecular weight excluding hydrogens is 502 g/mol. The van der Waals surface area contributed by atoms with Crippen molar-refractivity contribution in [3.05, 3.63) is 88.4 Å². The molecule has 7 heteroatoms. The van der Waals surface area contributed by atoms with Crippen LogP contribution in [-0.4, -0.2) is 38.0 Å². The van der Waals surface area contributed by atoms with E-state index in [-0.39, 0.29) is 11.8 Å². The first kappa shape index (κ1) is 25.8. The number of amides is 2. The molecule has 192 valence electrons. The summed E-state index contributed by atoms with van der Waals surface area (Å²) in [7, 11) is 0. The number of halogens is 1. The van der Waals surface area contributed by atoms with Crippen LogP contribution in [0.2, 0.25) is 5.02 Å². The van der Waals surface area contributed by atoms with Gasteiger partial charge in [-0.25, -0.2) is 0 Å². The highest BCUT2D eigenvalue weighted by atomic mass is 35.5. The van der Waals surface area contributed by atoms with Crippen LogP contribution in [0.5, 0.6) is 0 Å². The molecule has 37 heavy (non-hydrogen) atoms. The molecule has 1 saturated heterocycles. The molecular formula is C30H33ClN3O2S+. The molecule has 2 aliphatic heterocycles. The first-order valence-corrected chi connectivity index (χ1v) is 14.4. The highest BCUT2D eigenvalue weighted by Crippen LogP contribution is 2.42. The lowest BCUT2D eigenvalue weighted by molar-refractivity contribution is -0.899. The molecule has 0 saturated carbocycles. The molecule has 0 spiro atoms. The van der Waals surface area contributed by atoms with Gasteiger partial charge in [-0.1, -0.05) is 47.6 Å². The molecule has 0 radical (unpaired) electrons. The fourth-order valence-corrected chi connectivity index (χ4v) is 6.43. The first-order chi connectivity index (χ1) is 18.1. The second-order valence-electron chi connectivity index (χ2n) is 9.83. The standard InChI is InChI=1S/C30H32ClN3O2S/c31-24-10-7-9-22(19-24)21-34-26-20-23(29(35)32-15-8-18-33-16-5-1-2-6-17-33)13-14-28(26)37-27-12-4-3-11-25(27)30(34)36/h3-4,7,9-14,19-20H,1-2,5-6,8,15-18,21H2,(H,32,35)/p+1. The maximum Gasteiger partial charge on any atom is 0.259 e. The number of carbonyl (C=O) groups is 2. The van der Waals surface area contributed by atoms with Gasteiger partial charge in [0.05, 0.1) is 37.4 Å². The lowest BCUT2D eigenvalue weighted by Crippen LogP contribution is -3.11. The minimum atomic E-state index is -0.101. The van der Waals surface area contributed by atoms with E-state index in [9.17, 15) is 9.59 Å². The number of rotatable bonds is 7. The topological polar surface area (TPSA) is 53.9 Å². The second-order valence-corrected chi connectivity index (χ2v) is 11.3. The predicted octanol–water partition coefficient (Wildman–Crippen LogP) is 5.23. The summed E-state index contributed by atoms with van der Waals surface area (Å²) < 4.78 is 0. The third kappa shape index (κ3) is 6.38. The number of anilines is 1. The van der Waals surface area contributed by atoms with Crippen LogP contribution in [0, 0.1) is 0 Å². The molecule has 5 rings (SSSR count). The molecule has 0 aliphatic carbocycles. The van der Waals surface area contributed by atoms with Crippen LogP contribution in [-0.2, 0) is 6.54 Å². The minimum absolute atomic E-state index is 0.0835. The molecule has 3 aromatic rings. The fourth-order valence-electron chi connectivity index (χ4n) is 5.16. The molecule has 0 atom stereocenters. The Bertz CT molecular complexity index is 1270. The molecule has 3 aromatic carbocycles. The van der Waals surface area contributed by atoms with Crippen LogP contribution < -0.4 is 15.1 Å². The van der Waals surface area contributed by atoms with Crippen molar-refractivity contribution in [2.45, 2.75) is 48.4 Å². The number of carbonyl (C=O) groups excluding carboxylic acids is 2. The average Bonchev–Trinajstić information content (AvgIpc) is 3.24. The van der Waals surface area contributed by atoms with Crippen molar-refractivity contribution >= 4 is 40.9 Å². The molecule has 0 bridgehead atoms. The van der Waals surface area contributed by atoms with Crippen molar-refractivity contribution in [2.24, 2.45) is 0 Å². The Morgan fingerprint density at radius 3 is 2.57 bits per heavy atom. The van der Waals surface area contributed by atoms with Crippen LogP contribution in [0.3, 0.4) is 0 Å². The molecule has 2 N–H and O–H groups in total. The van der Waals surface area contributed by atoms with Crippen LogP contribution in [0.4, 0.5) is 5.69 Å². The molecule has 2 aliphatic rings. The van der Waals surface area contributed by atoms with E-state index >= 15 is 0 Å². The van der Waals surface area contributed by atoms with E-state index in [1.807, 2.05) is 66.7 Å². The SMILES string of the molecule is O=C(NCCC[NH+]1CCCCCC1)c1ccc2c(c1)N(Cc1cccc(Cl)c1)C(=O)c1ccccc1S2. The van der Waals surface area contributed by atoms with Gasteiger partial charge in [-0.3, -0.25) is 9.59 Å². The van der Waals surface area contributed by atoms with Crippen molar-refractivity contribution in [1.29, 1.82) is 0 Å². The number of hydrogen-bond acceptors (Lipinski definition) is 3. The Kier molecular flexibility index (Phi) is 8.49. The van der Waals surface area contributed by atoms with Gasteiger partial charge in [-0.15, -0.1) is 0 Å². The van der Waals surface area contributed by atoms with E-state index in [4.69, 9.17) is 11.6 Å². The monoisotopic (exact) mass is 534 g/mol. The van der Waals surface area contributed by atoms with Gasteiger partial charge >= 0.3 is 0 Å². The Morgan fingerprint density at radius 1 is 0.946 bits per heavy atom. The van der Waals surface area contributed by atoms with E-state index in [0.29, 0.717) is 29.2 Å². The predicted molar refractivity (Wildman–Crippen MR) is 150 cm³/mol. The number of nitrogens with one attached hydrogen (secondary N) is 2. The molecule has 5 nitrogen and oxygen atoms in total. The van der Waals surface area contributed by atoms with Crippen LogP contribution >= 0.6 is 23.4 Å². The van der Waals surface area contributed by atoms with E-state index in [2.05, 4.69) is 5.32 Å². The first-order valence-electron chi connectivity index (χ1n) is 13.2. The summed E-state index contributed by atoms with van der Waals surface area (Å²) in [5.41, 5.74) is 2.90. The zero-order valence-corrected chi connectivity index (χ0v) is 22.5. The summed E-state index contributed by atoms with van der Waals surface area (Å²) in [6.07, 6.45) is 6.28. The summed E-state index contributed by atoms with van der Waals surface area (Å²) in [5, 5.41) is 3.73. The summed E-state index contributed by atoms with van der Waals surface area (Å²) in [6, 6.07) is 20.9. The third-order valence-electron chi connectivity index (χ3n) is 7.13. The van der Waals surface area contributed by atoms with Crippen molar-refractivity contribution in [3.8, 4) is 0 Å². The maximum atomic E-state index is 13.7. The summed E-state index contributed by atoms with van der Waals surface area (Å²) in [5.74, 6) is -0.185. The normalized spacial score (nSPS) is 15.9. The average molecular weight is 535 g/mol. The minimum Gasteiger partial charge on any atom is -0.352 e. The number of benzene rings is 3. The molecule has 0 aromatic heterocycles. The highest BCUT2D eigenvalue weighted by Gasteiger charge is 2.28. The van der Waals surface area contributed by atoms with Crippen LogP contribution in [0.25, 0.3) is 0 Å². The number of fused-ring (bicyclic) bond motifs is 2. The Morgan fingerprint density at radius 2 is 1.76 bits per heavy atom. The van der Waals surface area contributed by atoms with Crippen LogP contribution in [0.1, 0.15) is 58.4 Å². The van der Waals surface area contributed by atoms with Crippen molar-refractivity contribution in [1.82, 2.24) is 5.32 Å². The lowest BCUT2D eigenvalue weighted by Gasteiger charge is -2.24. The number of hydrogen-bond donors (Lipinski definition) is 2. The summed E-state index contributed by atoms with van der Waals surface area (Å²) >= 11 is 7.80. The van der Waals surface area contributed by atoms with Gasteiger partial charge in [0.2, 0.25) is 0 Å². The van der Waals surface area contributed by atoms with Crippen molar-refractivity contribution < 1.29 is 14.5 Å². The maximum absolute atomic E-state index is 13.7. The quantitative estimate of drug-likeness (QED) is 0.408. The van der Waals surface area contributed by atoms with Crippen molar-refractivity contribution in [2.75, 3.05) is 31.1 Å². The van der Waals surface area contributed by atoms with E-state index in [1.54, 1.807) is 21.6 Å². The van der Waals surface area contributed by atoms with Gasteiger partial charge in [0.25, 0.3) is 11.8 Å². The van der Waals surface area contributed by atoms with E-state index < -0.39 is 0 Å². The van der Waals surface area contributed by atoms with Gasteiger partial charge < -0.3 is 15.1 Å². The smallest absolute Gasteiger partial charge is 0.259 e. The van der Waals surface area contributed by atoms with Gasteiger partial charge in [-0.2, -0.15) is 0 Å². The lowest BCUT2D eigenvalue weighted by atomic mass is 10.1. The largest absolute Gasteiger partial charge is 0.352 e.